The molecule has 4 rings (SSSR count). The van der Waals surface area contributed by atoms with E-state index in [0.29, 0.717) is 0 Å². The van der Waals surface area contributed by atoms with E-state index in [2.05, 4.69) is 39.4 Å². The highest BCUT2D eigenvalue weighted by Gasteiger charge is 2.13. The number of anilines is 1. The van der Waals surface area contributed by atoms with E-state index in [1.54, 1.807) is 23.9 Å². The maximum absolute atomic E-state index is 4.65. The van der Waals surface area contributed by atoms with Crippen molar-refractivity contribution in [2.45, 2.75) is 27.7 Å². The Balaban J connectivity index is 1.64. The van der Waals surface area contributed by atoms with Crippen molar-refractivity contribution in [1.29, 1.82) is 0 Å². The van der Waals surface area contributed by atoms with Crippen LogP contribution in [0.5, 0.6) is 0 Å². The molecule has 0 fully saturated rings. The fraction of sp³-hybridized carbons (Fsp3) is 0.200. The minimum atomic E-state index is 0.726. The van der Waals surface area contributed by atoms with Gasteiger partial charge in [-0.05, 0) is 45.4 Å². The van der Waals surface area contributed by atoms with Gasteiger partial charge in [0, 0.05) is 10.4 Å². The second-order valence-corrected chi connectivity index (χ2v) is 7.59. The number of hydrogen-bond donors (Lipinski definition) is 1. The molecule has 1 aromatic carbocycles. The molecule has 0 saturated heterocycles. The van der Waals surface area contributed by atoms with Crippen molar-refractivity contribution in [1.82, 2.24) is 19.7 Å². The number of hydrogen-bond acceptors (Lipinski definition) is 6. The highest BCUT2D eigenvalue weighted by molar-refractivity contribution is 7.18. The molecule has 0 radical (unpaired) electrons. The lowest BCUT2D eigenvalue weighted by Crippen LogP contribution is -1.99. The number of fused-ring (bicyclic) bond motifs is 1. The zero-order valence-corrected chi connectivity index (χ0v) is 16.5. The van der Waals surface area contributed by atoms with E-state index in [1.807, 2.05) is 48.9 Å². The van der Waals surface area contributed by atoms with Gasteiger partial charge in [0.25, 0.3) is 0 Å². The van der Waals surface area contributed by atoms with E-state index in [-0.39, 0.29) is 0 Å². The Morgan fingerprint density at radius 2 is 1.85 bits per heavy atom. The third-order valence-electron chi connectivity index (χ3n) is 4.68. The number of aryl methyl sites for hydroxylation is 3. The Morgan fingerprint density at radius 1 is 1.07 bits per heavy atom. The van der Waals surface area contributed by atoms with E-state index >= 15 is 0 Å². The van der Waals surface area contributed by atoms with Gasteiger partial charge in [-0.1, -0.05) is 18.2 Å². The third-order valence-corrected chi connectivity index (χ3v) is 5.79. The number of para-hydroxylation sites is 1. The van der Waals surface area contributed by atoms with Crippen LogP contribution in [0.1, 0.15) is 27.4 Å². The molecule has 0 aliphatic carbocycles. The fourth-order valence-electron chi connectivity index (χ4n) is 3.09. The average molecular weight is 376 g/mol. The van der Waals surface area contributed by atoms with Crippen LogP contribution >= 0.6 is 11.3 Å². The van der Waals surface area contributed by atoms with E-state index in [0.717, 1.165) is 38.7 Å². The maximum atomic E-state index is 4.65. The molecule has 7 heteroatoms. The standard InChI is InChI=1S/C20H20N6S/c1-12-15(4)27-20-18(12)19(21-11-22-20)24-23-10-17-13(2)25-26(14(17)3)16-8-6-5-7-9-16/h5-11H,1-4H3,(H,21,22,24)/b23-10+. The lowest BCUT2D eigenvalue weighted by Gasteiger charge is -2.04. The van der Waals surface area contributed by atoms with Gasteiger partial charge in [-0.3, -0.25) is 5.43 Å². The predicted octanol–water partition coefficient (Wildman–Crippen LogP) is 4.56. The van der Waals surface area contributed by atoms with Crippen molar-refractivity contribution < 1.29 is 0 Å². The first kappa shape index (κ1) is 17.4. The van der Waals surface area contributed by atoms with Crippen LogP contribution in [0.3, 0.4) is 0 Å². The van der Waals surface area contributed by atoms with E-state index in [4.69, 9.17) is 0 Å². The van der Waals surface area contributed by atoms with Crippen molar-refractivity contribution >= 4 is 33.6 Å². The summed E-state index contributed by atoms with van der Waals surface area (Å²) < 4.78 is 1.94. The number of aromatic nitrogens is 4. The molecular formula is C20H20N6S. The van der Waals surface area contributed by atoms with Crippen molar-refractivity contribution in [3.63, 3.8) is 0 Å². The lowest BCUT2D eigenvalue weighted by atomic mass is 10.2. The van der Waals surface area contributed by atoms with Gasteiger partial charge in [0.05, 0.1) is 28.7 Å². The van der Waals surface area contributed by atoms with Crippen LogP contribution in [0.2, 0.25) is 0 Å². The smallest absolute Gasteiger partial charge is 0.158 e. The summed E-state index contributed by atoms with van der Waals surface area (Å²) in [5.74, 6) is 0.726. The molecule has 3 aromatic heterocycles. The average Bonchev–Trinajstić information content (AvgIpc) is 3.13. The van der Waals surface area contributed by atoms with Gasteiger partial charge in [0.1, 0.15) is 11.2 Å². The van der Waals surface area contributed by atoms with Crippen molar-refractivity contribution in [2.24, 2.45) is 5.10 Å². The van der Waals surface area contributed by atoms with E-state index in [1.165, 1.54) is 10.4 Å². The van der Waals surface area contributed by atoms with Crippen LogP contribution in [0.25, 0.3) is 15.9 Å². The topological polar surface area (TPSA) is 68.0 Å². The first-order chi connectivity index (χ1) is 13.1. The molecule has 1 N–H and O–H groups in total. The largest absolute Gasteiger partial charge is 0.261 e. The molecule has 0 atom stereocenters. The Hall–Kier alpha value is -3.06. The highest BCUT2D eigenvalue weighted by Crippen LogP contribution is 2.32. The van der Waals surface area contributed by atoms with Crippen molar-refractivity contribution in [2.75, 3.05) is 5.43 Å². The molecule has 0 aliphatic heterocycles. The number of thiophene rings is 1. The summed E-state index contributed by atoms with van der Waals surface area (Å²) in [6.07, 6.45) is 3.37. The molecule has 0 spiro atoms. The Labute approximate surface area is 161 Å². The van der Waals surface area contributed by atoms with Gasteiger partial charge in [-0.15, -0.1) is 11.3 Å². The summed E-state index contributed by atoms with van der Waals surface area (Å²) in [7, 11) is 0. The molecule has 0 bridgehead atoms. The van der Waals surface area contributed by atoms with Gasteiger partial charge < -0.3 is 0 Å². The number of benzene rings is 1. The molecule has 4 aromatic rings. The first-order valence-electron chi connectivity index (χ1n) is 8.67. The number of nitrogens with one attached hydrogen (secondary N) is 1. The van der Waals surface area contributed by atoms with Crippen molar-refractivity contribution in [3.8, 4) is 5.69 Å². The second-order valence-electron chi connectivity index (χ2n) is 6.39. The summed E-state index contributed by atoms with van der Waals surface area (Å²) in [4.78, 5) is 10.9. The quantitative estimate of drug-likeness (QED) is 0.419. The maximum Gasteiger partial charge on any atom is 0.158 e. The van der Waals surface area contributed by atoms with Gasteiger partial charge in [-0.25, -0.2) is 14.6 Å². The summed E-state index contributed by atoms with van der Waals surface area (Å²) in [6, 6.07) is 10.1. The number of nitrogens with zero attached hydrogens (tertiary/aromatic N) is 5. The van der Waals surface area contributed by atoms with Crippen LogP contribution in [0.15, 0.2) is 41.8 Å². The Kier molecular flexibility index (Phi) is 4.45. The molecule has 3 heterocycles. The predicted molar refractivity (Wildman–Crippen MR) is 111 cm³/mol. The molecule has 0 amide bonds. The minimum Gasteiger partial charge on any atom is -0.261 e. The summed E-state index contributed by atoms with van der Waals surface area (Å²) in [6.45, 7) is 8.22. The van der Waals surface area contributed by atoms with Crippen LogP contribution in [0.4, 0.5) is 5.82 Å². The van der Waals surface area contributed by atoms with Crippen LogP contribution in [-0.4, -0.2) is 26.0 Å². The normalized spacial score (nSPS) is 11.6. The highest BCUT2D eigenvalue weighted by atomic mass is 32.1. The van der Waals surface area contributed by atoms with Gasteiger partial charge in [0.2, 0.25) is 0 Å². The second kappa shape index (κ2) is 6.92. The third kappa shape index (κ3) is 3.10. The van der Waals surface area contributed by atoms with Crippen molar-refractivity contribution in [3.05, 3.63) is 64.1 Å². The van der Waals surface area contributed by atoms with Gasteiger partial charge >= 0.3 is 0 Å². The molecule has 0 aliphatic rings. The van der Waals surface area contributed by atoms with E-state index < -0.39 is 0 Å². The lowest BCUT2D eigenvalue weighted by molar-refractivity contribution is 0.833. The molecule has 0 saturated carbocycles. The molecule has 6 nitrogen and oxygen atoms in total. The van der Waals surface area contributed by atoms with Crippen LogP contribution in [0, 0.1) is 27.7 Å². The molecular weight excluding hydrogens is 356 g/mol. The summed E-state index contributed by atoms with van der Waals surface area (Å²) in [5.41, 5.74) is 8.27. The zero-order chi connectivity index (χ0) is 19.0. The molecule has 27 heavy (non-hydrogen) atoms. The summed E-state index contributed by atoms with van der Waals surface area (Å²) >= 11 is 1.67. The monoisotopic (exact) mass is 376 g/mol. The first-order valence-corrected chi connectivity index (χ1v) is 9.49. The minimum absolute atomic E-state index is 0.726. The molecule has 0 unspecified atom stereocenters. The van der Waals surface area contributed by atoms with Gasteiger partial charge in [-0.2, -0.15) is 10.2 Å². The number of rotatable bonds is 4. The SMILES string of the molecule is Cc1nn(-c2ccccc2)c(C)c1/C=N/Nc1ncnc2sc(C)c(C)c12. The molecule has 136 valence electrons. The van der Waals surface area contributed by atoms with Crippen LogP contribution in [-0.2, 0) is 0 Å². The number of hydrazone groups is 1. The fourth-order valence-corrected chi connectivity index (χ4v) is 4.08. The Morgan fingerprint density at radius 3 is 2.63 bits per heavy atom. The zero-order valence-electron chi connectivity index (χ0n) is 15.7. The van der Waals surface area contributed by atoms with Crippen LogP contribution < -0.4 is 5.43 Å². The Bertz CT molecular complexity index is 1140. The summed E-state index contributed by atoms with van der Waals surface area (Å²) in [5, 5.41) is 10.1. The van der Waals surface area contributed by atoms with E-state index in [9.17, 15) is 0 Å². The van der Waals surface area contributed by atoms with Gasteiger partial charge in [0.15, 0.2) is 5.82 Å².